The molecule has 1 amide bonds. The average Bonchev–Trinajstić information content (AvgIpc) is 2.38. The number of nitrogens with two attached hydrogens (primary N) is 1. The first-order valence-corrected chi connectivity index (χ1v) is 7.72. The van der Waals surface area contributed by atoms with E-state index in [1.807, 2.05) is 43.1 Å². The normalized spacial score (nSPS) is 14.0. The van der Waals surface area contributed by atoms with Crippen molar-refractivity contribution in [2.45, 2.75) is 19.0 Å². The molecule has 5 nitrogen and oxygen atoms in total. The van der Waals surface area contributed by atoms with Crippen molar-refractivity contribution in [1.82, 2.24) is 10.2 Å². The zero-order chi connectivity index (χ0) is 15.8. The summed E-state index contributed by atoms with van der Waals surface area (Å²) in [6.07, 6.45) is 0. The Morgan fingerprint density at radius 3 is 2.81 bits per heavy atom. The fourth-order valence-electron chi connectivity index (χ4n) is 2.32. The summed E-state index contributed by atoms with van der Waals surface area (Å²) >= 11 is 3.47. The molecule has 1 aromatic rings. The van der Waals surface area contributed by atoms with Gasteiger partial charge in [-0.25, -0.2) is 0 Å². The summed E-state index contributed by atoms with van der Waals surface area (Å²) in [5, 5.41) is 2.82. The minimum Gasteiger partial charge on any atom is -0.383 e. The summed E-state index contributed by atoms with van der Waals surface area (Å²) in [6.45, 7) is 3.27. The SMILES string of the molecule is COCCNC(=O)CN(C)C(c1cccc(Br)c1)C(C)N. The fraction of sp³-hybridized carbons (Fsp3) is 0.533. The summed E-state index contributed by atoms with van der Waals surface area (Å²) in [6, 6.07) is 7.90. The lowest BCUT2D eigenvalue weighted by molar-refractivity contribution is -0.122. The van der Waals surface area contributed by atoms with Crippen molar-refractivity contribution in [3.63, 3.8) is 0 Å². The smallest absolute Gasteiger partial charge is 0.234 e. The maximum Gasteiger partial charge on any atom is 0.234 e. The number of hydrogen-bond donors (Lipinski definition) is 2. The van der Waals surface area contributed by atoms with Crippen molar-refractivity contribution >= 4 is 21.8 Å². The van der Waals surface area contributed by atoms with E-state index in [1.54, 1.807) is 7.11 Å². The second kappa shape index (κ2) is 9.15. The fourth-order valence-corrected chi connectivity index (χ4v) is 2.74. The molecule has 0 heterocycles. The minimum absolute atomic E-state index is 0.0179. The molecule has 0 spiro atoms. The van der Waals surface area contributed by atoms with Crippen LogP contribution in [0.3, 0.4) is 0 Å². The van der Waals surface area contributed by atoms with Gasteiger partial charge in [-0.05, 0) is 31.7 Å². The largest absolute Gasteiger partial charge is 0.383 e. The van der Waals surface area contributed by atoms with Gasteiger partial charge in [0.1, 0.15) is 0 Å². The Morgan fingerprint density at radius 2 is 2.24 bits per heavy atom. The van der Waals surface area contributed by atoms with Gasteiger partial charge in [0.15, 0.2) is 0 Å². The van der Waals surface area contributed by atoms with Gasteiger partial charge in [-0.3, -0.25) is 9.69 Å². The van der Waals surface area contributed by atoms with E-state index in [0.29, 0.717) is 19.7 Å². The van der Waals surface area contributed by atoms with Crippen LogP contribution in [0.4, 0.5) is 0 Å². The van der Waals surface area contributed by atoms with E-state index in [1.165, 1.54) is 0 Å². The lowest BCUT2D eigenvalue weighted by atomic mass is 9.99. The summed E-state index contributed by atoms with van der Waals surface area (Å²) in [5.74, 6) is -0.0322. The highest BCUT2D eigenvalue weighted by Crippen LogP contribution is 2.24. The van der Waals surface area contributed by atoms with Crippen LogP contribution in [-0.4, -0.2) is 50.7 Å². The molecule has 1 aromatic carbocycles. The number of halogens is 1. The number of methoxy groups -OCH3 is 1. The topological polar surface area (TPSA) is 67.6 Å². The maximum atomic E-state index is 11.9. The van der Waals surface area contributed by atoms with Crippen molar-refractivity contribution in [3.8, 4) is 0 Å². The van der Waals surface area contributed by atoms with Crippen LogP contribution >= 0.6 is 15.9 Å². The van der Waals surface area contributed by atoms with Crippen LogP contribution in [0.1, 0.15) is 18.5 Å². The number of carbonyl (C=O) groups is 1. The predicted octanol–water partition coefficient (Wildman–Crippen LogP) is 1.53. The summed E-state index contributed by atoms with van der Waals surface area (Å²) in [4.78, 5) is 13.9. The molecule has 21 heavy (non-hydrogen) atoms. The van der Waals surface area contributed by atoms with E-state index in [2.05, 4.69) is 21.2 Å². The minimum atomic E-state index is -0.0870. The van der Waals surface area contributed by atoms with Gasteiger partial charge in [0.25, 0.3) is 0 Å². The van der Waals surface area contributed by atoms with Crippen LogP contribution in [-0.2, 0) is 9.53 Å². The molecule has 0 saturated heterocycles. The molecule has 118 valence electrons. The molecule has 0 bridgehead atoms. The first-order valence-electron chi connectivity index (χ1n) is 6.92. The van der Waals surface area contributed by atoms with Crippen LogP contribution in [0.2, 0.25) is 0 Å². The third-order valence-corrected chi connectivity index (χ3v) is 3.68. The van der Waals surface area contributed by atoms with Crippen molar-refractivity contribution in [3.05, 3.63) is 34.3 Å². The molecule has 0 saturated carbocycles. The van der Waals surface area contributed by atoms with Crippen molar-refractivity contribution in [2.75, 3.05) is 33.9 Å². The van der Waals surface area contributed by atoms with E-state index < -0.39 is 0 Å². The molecular formula is C15H24BrN3O2. The number of amides is 1. The number of benzene rings is 1. The number of likely N-dealkylation sites (N-methyl/N-ethyl adjacent to an activating group) is 1. The van der Waals surface area contributed by atoms with E-state index in [4.69, 9.17) is 10.5 Å². The van der Waals surface area contributed by atoms with Crippen molar-refractivity contribution in [1.29, 1.82) is 0 Å². The van der Waals surface area contributed by atoms with Crippen molar-refractivity contribution < 1.29 is 9.53 Å². The highest BCUT2D eigenvalue weighted by Gasteiger charge is 2.23. The highest BCUT2D eigenvalue weighted by molar-refractivity contribution is 9.10. The van der Waals surface area contributed by atoms with Crippen molar-refractivity contribution in [2.24, 2.45) is 5.73 Å². The van der Waals surface area contributed by atoms with Crippen LogP contribution in [0.15, 0.2) is 28.7 Å². The van der Waals surface area contributed by atoms with Gasteiger partial charge in [-0.1, -0.05) is 28.1 Å². The number of carbonyl (C=O) groups excluding carboxylic acids is 1. The Morgan fingerprint density at radius 1 is 1.52 bits per heavy atom. The van der Waals surface area contributed by atoms with Gasteiger partial charge in [0.2, 0.25) is 5.91 Å². The molecule has 0 aliphatic heterocycles. The summed E-state index contributed by atoms with van der Waals surface area (Å²) in [7, 11) is 3.52. The first kappa shape index (κ1) is 18.1. The standard InChI is InChI=1S/C15H24BrN3O2/c1-11(17)15(12-5-4-6-13(16)9-12)19(2)10-14(20)18-7-8-21-3/h4-6,9,11,15H,7-8,10,17H2,1-3H3,(H,18,20). The Kier molecular flexibility index (Phi) is 7.88. The van der Waals surface area contributed by atoms with Gasteiger partial charge >= 0.3 is 0 Å². The van der Waals surface area contributed by atoms with Crippen LogP contribution in [0, 0.1) is 0 Å². The third-order valence-electron chi connectivity index (χ3n) is 3.18. The van der Waals surface area contributed by atoms with Gasteiger partial charge in [-0.15, -0.1) is 0 Å². The van der Waals surface area contributed by atoms with Gasteiger partial charge in [0, 0.05) is 30.2 Å². The molecule has 0 fully saturated rings. The third kappa shape index (κ3) is 6.13. The lowest BCUT2D eigenvalue weighted by Crippen LogP contribution is -2.43. The lowest BCUT2D eigenvalue weighted by Gasteiger charge is -2.31. The van der Waals surface area contributed by atoms with Gasteiger partial charge in [-0.2, -0.15) is 0 Å². The molecule has 2 unspecified atom stereocenters. The molecule has 0 aliphatic carbocycles. The van der Waals surface area contributed by atoms with Gasteiger partial charge in [0.05, 0.1) is 13.2 Å². The molecule has 1 rings (SSSR count). The quantitative estimate of drug-likeness (QED) is 0.692. The Labute approximate surface area is 135 Å². The Hall–Kier alpha value is -0.950. The maximum absolute atomic E-state index is 11.9. The van der Waals surface area contributed by atoms with Crippen LogP contribution in [0.25, 0.3) is 0 Å². The molecule has 3 N–H and O–H groups in total. The zero-order valence-electron chi connectivity index (χ0n) is 12.8. The van der Waals surface area contributed by atoms with E-state index in [9.17, 15) is 4.79 Å². The van der Waals surface area contributed by atoms with E-state index >= 15 is 0 Å². The molecule has 0 aromatic heterocycles. The Balaban J connectivity index is 2.70. The first-order chi connectivity index (χ1) is 9.95. The molecule has 6 heteroatoms. The molecular weight excluding hydrogens is 334 g/mol. The van der Waals surface area contributed by atoms with E-state index in [0.717, 1.165) is 10.0 Å². The van der Waals surface area contributed by atoms with Gasteiger partial charge < -0.3 is 15.8 Å². The molecule has 0 aliphatic rings. The Bertz CT molecular complexity index is 454. The highest BCUT2D eigenvalue weighted by atomic mass is 79.9. The van der Waals surface area contributed by atoms with Crippen LogP contribution in [0.5, 0.6) is 0 Å². The second-order valence-electron chi connectivity index (χ2n) is 5.12. The van der Waals surface area contributed by atoms with Crippen LogP contribution < -0.4 is 11.1 Å². The average molecular weight is 358 g/mol. The second-order valence-corrected chi connectivity index (χ2v) is 6.03. The summed E-state index contributed by atoms with van der Waals surface area (Å²) < 4.78 is 5.92. The number of nitrogens with zero attached hydrogens (tertiary/aromatic N) is 1. The number of nitrogens with one attached hydrogen (secondary N) is 1. The predicted molar refractivity (Wildman–Crippen MR) is 88.0 cm³/mol. The number of hydrogen-bond acceptors (Lipinski definition) is 4. The molecule has 2 atom stereocenters. The number of ether oxygens (including phenoxy) is 1. The monoisotopic (exact) mass is 357 g/mol. The van der Waals surface area contributed by atoms with E-state index in [-0.39, 0.29) is 18.0 Å². The molecule has 0 radical (unpaired) electrons. The zero-order valence-corrected chi connectivity index (χ0v) is 14.4. The number of rotatable bonds is 8. The summed E-state index contributed by atoms with van der Waals surface area (Å²) in [5.41, 5.74) is 7.20.